The van der Waals surface area contributed by atoms with E-state index in [0.29, 0.717) is 18.5 Å². The Morgan fingerprint density at radius 2 is 1.81 bits per heavy atom. The number of rotatable bonds is 3. The number of sulfone groups is 1. The van der Waals surface area contributed by atoms with Crippen LogP contribution in [0.3, 0.4) is 0 Å². The van der Waals surface area contributed by atoms with Gasteiger partial charge in [0.05, 0.1) is 39.8 Å². The van der Waals surface area contributed by atoms with Crippen LogP contribution in [0.5, 0.6) is 0 Å². The number of hydrogen-bond acceptors (Lipinski definition) is 5. The summed E-state index contributed by atoms with van der Waals surface area (Å²) in [6.07, 6.45) is 2.70. The highest BCUT2D eigenvalue weighted by Gasteiger charge is 2.60. The van der Waals surface area contributed by atoms with Crippen molar-refractivity contribution in [1.82, 2.24) is 0 Å². The lowest BCUT2D eigenvalue weighted by Crippen LogP contribution is -2.52. The van der Waals surface area contributed by atoms with Crippen LogP contribution in [-0.2, 0) is 25.3 Å². The van der Waals surface area contributed by atoms with Crippen molar-refractivity contribution in [3.8, 4) is 6.07 Å². The van der Waals surface area contributed by atoms with Crippen LogP contribution < -0.4 is 4.31 Å². The zero-order chi connectivity index (χ0) is 22.0. The first-order chi connectivity index (χ1) is 14.7. The maximum Gasteiger partial charge on any atom is 0.264 e. The van der Waals surface area contributed by atoms with Gasteiger partial charge in [0.2, 0.25) is 0 Å². The number of halogens is 1. The number of nitriles is 1. The molecule has 9 heteroatoms. The van der Waals surface area contributed by atoms with Crippen molar-refractivity contribution in [2.75, 3.05) is 15.8 Å². The third kappa shape index (κ3) is 3.31. The van der Waals surface area contributed by atoms with Crippen LogP contribution in [0.25, 0.3) is 0 Å². The Balaban J connectivity index is 1.72. The Morgan fingerprint density at radius 3 is 2.45 bits per heavy atom. The maximum absolute atomic E-state index is 13.9. The molecule has 1 saturated heterocycles. The normalized spacial score (nSPS) is 24.0. The van der Waals surface area contributed by atoms with Crippen molar-refractivity contribution in [3.63, 3.8) is 0 Å². The molecule has 1 atom stereocenters. The molecule has 0 N–H and O–H groups in total. The Bertz CT molecular complexity index is 1310. The van der Waals surface area contributed by atoms with Crippen molar-refractivity contribution in [1.29, 1.82) is 5.26 Å². The summed E-state index contributed by atoms with van der Waals surface area (Å²) in [5, 5.41) is 9.26. The standard InChI is InChI=1S/C22H21BrN2O4S2/c23-17-6-7-20-19(13-17)22(8-10-30(26,27)11-9-22)21(16-4-5-16)25(20)31(28,29)18-3-1-2-15(12-18)14-24/h1-3,6-7,12-13,16,21H,4-5,8-11H2. The Morgan fingerprint density at radius 1 is 1.10 bits per heavy atom. The molecule has 1 spiro atoms. The third-order valence-electron chi connectivity index (χ3n) is 6.86. The summed E-state index contributed by atoms with van der Waals surface area (Å²) >= 11 is 3.52. The first-order valence-corrected chi connectivity index (χ1v) is 14.3. The summed E-state index contributed by atoms with van der Waals surface area (Å²) in [6.45, 7) is 0. The molecular formula is C22H21BrN2O4S2. The van der Waals surface area contributed by atoms with E-state index in [0.717, 1.165) is 22.9 Å². The summed E-state index contributed by atoms with van der Waals surface area (Å²) in [4.78, 5) is 0.0894. The smallest absolute Gasteiger partial charge is 0.262 e. The molecule has 2 heterocycles. The molecule has 162 valence electrons. The fourth-order valence-electron chi connectivity index (χ4n) is 5.27. The predicted molar refractivity (Wildman–Crippen MR) is 121 cm³/mol. The lowest BCUT2D eigenvalue weighted by Gasteiger charge is -2.41. The highest BCUT2D eigenvalue weighted by atomic mass is 79.9. The largest absolute Gasteiger partial charge is 0.264 e. The van der Waals surface area contributed by atoms with E-state index in [9.17, 15) is 22.1 Å². The molecule has 31 heavy (non-hydrogen) atoms. The monoisotopic (exact) mass is 520 g/mol. The zero-order valence-electron chi connectivity index (χ0n) is 16.7. The van der Waals surface area contributed by atoms with Gasteiger partial charge in [-0.15, -0.1) is 0 Å². The number of hydrogen-bond donors (Lipinski definition) is 0. The van der Waals surface area contributed by atoms with Crippen molar-refractivity contribution in [2.45, 2.75) is 42.0 Å². The van der Waals surface area contributed by atoms with E-state index < -0.39 is 25.3 Å². The van der Waals surface area contributed by atoms with Gasteiger partial charge in [-0.1, -0.05) is 22.0 Å². The fraction of sp³-hybridized carbons (Fsp3) is 0.409. The molecule has 0 amide bonds. The van der Waals surface area contributed by atoms with Gasteiger partial charge in [0.25, 0.3) is 10.0 Å². The number of nitrogens with zero attached hydrogens (tertiary/aromatic N) is 2. The first kappa shape index (κ1) is 21.0. The van der Waals surface area contributed by atoms with Gasteiger partial charge < -0.3 is 0 Å². The number of sulfonamides is 1. The second-order valence-electron chi connectivity index (χ2n) is 8.69. The van der Waals surface area contributed by atoms with Gasteiger partial charge >= 0.3 is 0 Å². The highest BCUT2D eigenvalue weighted by molar-refractivity contribution is 9.10. The van der Waals surface area contributed by atoms with Crippen LogP contribution in [0.1, 0.15) is 36.8 Å². The first-order valence-electron chi connectivity index (χ1n) is 10.2. The molecule has 1 aliphatic carbocycles. The average Bonchev–Trinajstić information content (AvgIpc) is 3.54. The van der Waals surface area contributed by atoms with E-state index in [1.54, 1.807) is 16.4 Å². The fourth-order valence-corrected chi connectivity index (χ4v) is 9.03. The van der Waals surface area contributed by atoms with Gasteiger partial charge in [-0.3, -0.25) is 4.31 Å². The molecule has 2 aromatic rings. The van der Waals surface area contributed by atoms with Gasteiger partial charge in [0.15, 0.2) is 0 Å². The summed E-state index contributed by atoms with van der Waals surface area (Å²) < 4.78 is 54.8. The van der Waals surface area contributed by atoms with Crippen molar-refractivity contribution in [2.24, 2.45) is 5.92 Å². The summed E-state index contributed by atoms with van der Waals surface area (Å²) in [7, 11) is -7.06. The molecule has 3 aliphatic rings. The van der Waals surface area contributed by atoms with Gasteiger partial charge in [-0.2, -0.15) is 5.26 Å². The lowest BCUT2D eigenvalue weighted by molar-refractivity contribution is 0.308. The van der Waals surface area contributed by atoms with E-state index in [1.165, 1.54) is 12.1 Å². The quantitative estimate of drug-likeness (QED) is 0.613. The maximum atomic E-state index is 13.9. The van der Waals surface area contributed by atoms with Gasteiger partial charge in [0.1, 0.15) is 9.84 Å². The van der Waals surface area contributed by atoms with Gasteiger partial charge in [-0.25, -0.2) is 16.8 Å². The molecule has 6 nitrogen and oxygen atoms in total. The van der Waals surface area contributed by atoms with Crippen LogP contribution in [0.4, 0.5) is 5.69 Å². The van der Waals surface area contributed by atoms with Gasteiger partial charge in [0, 0.05) is 9.89 Å². The Labute approximate surface area is 191 Å². The minimum atomic E-state index is -3.94. The van der Waals surface area contributed by atoms with E-state index in [4.69, 9.17) is 0 Å². The summed E-state index contributed by atoms with van der Waals surface area (Å²) in [5.41, 5.74) is 1.30. The zero-order valence-corrected chi connectivity index (χ0v) is 19.9. The molecular weight excluding hydrogens is 500 g/mol. The lowest BCUT2D eigenvalue weighted by atomic mass is 9.70. The molecule has 5 rings (SSSR count). The molecule has 1 saturated carbocycles. The van der Waals surface area contributed by atoms with E-state index in [2.05, 4.69) is 15.9 Å². The van der Waals surface area contributed by atoms with Crippen LogP contribution >= 0.6 is 15.9 Å². The SMILES string of the molecule is N#Cc1cccc(S(=O)(=O)N2c3ccc(Br)cc3C3(CCS(=O)(=O)CC3)C2C2CC2)c1. The molecule has 2 aromatic carbocycles. The number of anilines is 1. The third-order valence-corrected chi connectivity index (χ3v) is 10.8. The van der Waals surface area contributed by atoms with E-state index in [1.807, 2.05) is 24.3 Å². The Hall–Kier alpha value is -1.89. The number of fused-ring (bicyclic) bond motifs is 2. The molecule has 2 fully saturated rings. The summed E-state index contributed by atoms with van der Waals surface area (Å²) in [5.74, 6) is 0.334. The van der Waals surface area contributed by atoms with Crippen LogP contribution in [0.15, 0.2) is 51.8 Å². The molecule has 0 bridgehead atoms. The predicted octanol–water partition coefficient (Wildman–Crippen LogP) is 3.75. The second-order valence-corrected chi connectivity index (χ2v) is 13.7. The molecule has 0 aromatic heterocycles. The van der Waals surface area contributed by atoms with Crippen LogP contribution in [-0.4, -0.2) is 34.4 Å². The minimum absolute atomic E-state index is 0.0694. The topological polar surface area (TPSA) is 95.3 Å². The van der Waals surface area contributed by atoms with Crippen molar-refractivity contribution < 1.29 is 16.8 Å². The molecule has 2 aliphatic heterocycles. The van der Waals surface area contributed by atoms with Crippen molar-refractivity contribution >= 4 is 41.5 Å². The average molecular weight is 521 g/mol. The van der Waals surface area contributed by atoms with E-state index >= 15 is 0 Å². The molecule has 0 radical (unpaired) electrons. The van der Waals surface area contributed by atoms with E-state index in [-0.39, 0.29) is 33.9 Å². The second kappa shape index (κ2) is 7.06. The van der Waals surface area contributed by atoms with Crippen molar-refractivity contribution in [3.05, 3.63) is 58.1 Å². The molecule has 1 unspecified atom stereocenters. The summed E-state index contributed by atoms with van der Waals surface area (Å²) in [6, 6.07) is 13.4. The van der Waals surface area contributed by atoms with Gasteiger partial charge in [-0.05, 0) is 73.6 Å². The minimum Gasteiger partial charge on any atom is -0.262 e. The highest BCUT2D eigenvalue weighted by Crippen LogP contribution is 2.59. The number of benzene rings is 2. The van der Waals surface area contributed by atoms with Crippen LogP contribution in [0.2, 0.25) is 0 Å². The Kier molecular flexibility index (Phi) is 4.78. The van der Waals surface area contributed by atoms with Crippen LogP contribution in [0, 0.1) is 17.2 Å².